The van der Waals surface area contributed by atoms with Gasteiger partial charge in [-0.15, -0.1) is 0 Å². The van der Waals surface area contributed by atoms with Crippen molar-refractivity contribution >= 4 is 39.8 Å². The number of ether oxygens (including phenoxy) is 1. The van der Waals surface area contributed by atoms with Gasteiger partial charge in [-0.1, -0.05) is 11.6 Å². The van der Waals surface area contributed by atoms with Gasteiger partial charge >= 0.3 is 6.09 Å². The number of aryl methyl sites for hydroxylation is 1. The third-order valence-corrected chi connectivity index (χ3v) is 4.16. The summed E-state index contributed by atoms with van der Waals surface area (Å²) in [4.78, 5) is 23.6. The lowest BCUT2D eigenvalue weighted by molar-refractivity contribution is 0.201. The average Bonchev–Trinajstić information content (AvgIpc) is 3.16. The highest BCUT2D eigenvalue weighted by Gasteiger charge is 2.16. The number of halogens is 1. The average molecular weight is 371 g/mol. The number of H-pyrrole nitrogens is 1. The van der Waals surface area contributed by atoms with E-state index in [1.807, 2.05) is 26.1 Å². The summed E-state index contributed by atoms with van der Waals surface area (Å²) in [6.07, 6.45) is 2.64. The molecule has 0 aliphatic rings. The van der Waals surface area contributed by atoms with Gasteiger partial charge in [-0.3, -0.25) is 4.68 Å². The Hall–Kier alpha value is -3.13. The molecular weight excluding hydrogens is 356 g/mol. The van der Waals surface area contributed by atoms with E-state index in [2.05, 4.69) is 25.4 Å². The summed E-state index contributed by atoms with van der Waals surface area (Å²) in [5, 5.41) is 8.66. The first-order valence-corrected chi connectivity index (χ1v) is 8.37. The molecule has 0 unspecified atom stereocenters. The minimum atomic E-state index is -0.543. The van der Waals surface area contributed by atoms with Gasteiger partial charge in [-0.2, -0.15) is 5.10 Å². The number of aromatic nitrogens is 5. The minimum absolute atomic E-state index is 0.309. The van der Waals surface area contributed by atoms with Gasteiger partial charge in [0.15, 0.2) is 16.9 Å². The first-order valence-electron chi connectivity index (χ1n) is 7.99. The van der Waals surface area contributed by atoms with Crippen LogP contribution in [0, 0.1) is 0 Å². The zero-order valence-corrected chi connectivity index (χ0v) is 14.8. The number of fused-ring (bicyclic) bond motifs is 2. The molecule has 8 nitrogen and oxygen atoms in total. The van der Waals surface area contributed by atoms with E-state index in [1.54, 1.807) is 23.1 Å². The lowest BCUT2D eigenvalue weighted by atomic mass is 10.2. The highest BCUT2D eigenvalue weighted by molar-refractivity contribution is 6.31. The molecule has 3 heterocycles. The number of nitrogens with zero attached hydrogens (tertiary/aromatic N) is 4. The number of hydrogen-bond donors (Lipinski definition) is 2. The summed E-state index contributed by atoms with van der Waals surface area (Å²) < 4.78 is 7.02. The van der Waals surface area contributed by atoms with Crippen LogP contribution in [0.2, 0.25) is 5.02 Å². The third kappa shape index (κ3) is 2.74. The summed E-state index contributed by atoms with van der Waals surface area (Å²) in [6, 6.07) is 5.55. The molecule has 2 N–H and O–H groups in total. The van der Waals surface area contributed by atoms with Gasteiger partial charge < -0.3 is 15.0 Å². The van der Waals surface area contributed by atoms with Crippen LogP contribution in [-0.4, -0.2) is 37.4 Å². The predicted octanol–water partition coefficient (Wildman–Crippen LogP) is 3.27. The maximum Gasteiger partial charge on any atom is 0.412 e. The zero-order chi connectivity index (χ0) is 18.3. The monoisotopic (exact) mass is 370 g/mol. The normalized spacial score (nSPS) is 11.2. The van der Waals surface area contributed by atoms with E-state index in [1.165, 1.54) is 0 Å². The number of rotatable bonds is 3. The number of aromatic amines is 1. The SMILES string of the molecule is CCNC(=O)Oc1c[nH]c2ncc(-c3nn(C)c4cc(Cl)ccc34)nc12. The molecule has 0 spiro atoms. The Morgan fingerprint density at radius 2 is 2.27 bits per heavy atom. The topological polar surface area (TPSA) is 97.7 Å². The van der Waals surface area contributed by atoms with Crippen molar-refractivity contribution in [2.24, 2.45) is 7.05 Å². The van der Waals surface area contributed by atoms with Crippen LogP contribution in [0.15, 0.2) is 30.6 Å². The van der Waals surface area contributed by atoms with E-state index in [9.17, 15) is 4.79 Å². The van der Waals surface area contributed by atoms with Crippen LogP contribution in [0.5, 0.6) is 5.75 Å². The van der Waals surface area contributed by atoms with Crippen molar-refractivity contribution in [2.45, 2.75) is 6.92 Å². The number of amides is 1. The molecule has 0 fully saturated rings. The first-order chi connectivity index (χ1) is 12.6. The number of carbonyl (C=O) groups excluding carboxylic acids is 1. The number of carbonyl (C=O) groups is 1. The van der Waals surface area contributed by atoms with Crippen molar-refractivity contribution in [3.63, 3.8) is 0 Å². The highest BCUT2D eigenvalue weighted by Crippen LogP contribution is 2.30. The maximum absolute atomic E-state index is 11.7. The number of benzene rings is 1. The van der Waals surface area contributed by atoms with Gasteiger partial charge in [0.2, 0.25) is 0 Å². The van der Waals surface area contributed by atoms with Gasteiger partial charge in [0.05, 0.1) is 11.7 Å². The van der Waals surface area contributed by atoms with E-state index in [0.717, 1.165) is 10.9 Å². The Bertz CT molecular complexity index is 1130. The molecule has 0 aliphatic carbocycles. The standard InChI is InChI=1S/C17H15ClN6O2/c1-3-19-17(25)26-13-8-21-16-15(13)22-11(7-20-16)14-10-5-4-9(18)6-12(10)24(2)23-14/h4-8H,3H2,1-2H3,(H,19,25)(H,20,21). The summed E-state index contributed by atoms with van der Waals surface area (Å²) in [6.45, 7) is 2.29. The molecular formula is C17H15ClN6O2. The van der Waals surface area contributed by atoms with Crippen LogP contribution in [0.3, 0.4) is 0 Å². The second-order valence-electron chi connectivity index (χ2n) is 5.66. The van der Waals surface area contributed by atoms with Crippen LogP contribution in [0.4, 0.5) is 4.79 Å². The van der Waals surface area contributed by atoms with Crippen molar-refractivity contribution in [1.29, 1.82) is 0 Å². The second kappa shape index (κ2) is 6.30. The van der Waals surface area contributed by atoms with E-state index >= 15 is 0 Å². The van der Waals surface area contributed by atoms with Crippen molar-refractivity contribution in [3.05, 3.63) is 35.6 Å². The van der Waals surface area contributed by atoms with Crippen LogP contribution in [0.25, 0.3) is 33.5 Å². The largest absolute Gasteiger partial charge is 0.412 e. The smallest absolute Gasteiger partial charge is 0.406 e. The molecule has 0 saturated heterocycles. The molecule has 1 aromatic carbocycles. The van der Waals surface area contributed by atoms with Crippen molar-refractivity contribution in [1.82, 2.24) is 30.0 Å². The zero-order valence-electron chi connectivity index (χ0n) is 14.1. The number of hydrogen-bond acceptors (Lipinski definition) is 5. The lowest BCUT2D eigenvalue weighted by Crippen LogP contribution is -2.26. The fourth-order valence-corrected chi connectivity index (χ4v) is 2.93. The molecule has 132 valence electrons. The van der Waals surface area contributed by atoms with E-state index in [4.69, 9.17) is 16.3 Å². The van der Waals surface area contributed by atoms with Gasteiger partial charge in [-0.25, -0.2) is 14.8 Å². The van der Waals surface area contributed by atoms with Crippen LogP contribution in [0.1, 0.15) is 6.92 Å². The summed E-state index contributed by atoms with van der Waals surface area (Å²) >= 11 is 6.08. The van der Waals surface area contributed by atoms with Crippen molar-refractivity contribution in [2.75, 3.05) is 6.54 Å². The first kappa shape index (κ1) is 16.3. The fraction of sp³-hybridized carbons (Fsp3) is 0.176. The maximum atomic E-state index is 11.7. The van der Waals surface area contributed by atoms with Gasteiger partial charge in [-0.05, 0) is 25.1 Å². The van der Waals surface area contributed by atoms with Crippen LogP contribution in [-0.2, 0) is 7.05 Å². The molecule has 9 heteroatoms. The number of nitrogens with one attached hydrogen (secondary N) is 2. The van der Waals surface area contributed by atoms with Crippen molar-refractivity contribution in [3.8, 4) is 17.1 Å². The molecule has 4 rings (SSSR count). The Kier molecular flexibility index (Phi) is 3.96. The van der Waals surface area contributed by atoms with Gasteiger partial charge in [0.25, 0.3) is 0 Å². The Morgan fingerprint density at radius 1 is 1.42 bits per heavy atom. The molecule has 3 aromatic heterocycles. The Labute approximate surface area is 153 Å². The van der Waals surface area contributed by atoms with Crippen LogP contribution < -0.4 is 10.1 Å². The molecule has 4 aromatic rings. The molecule has 1 amide bonds. The molecule has 0 radical (unpaired) electrons. The Morgan fingerprint density at radius 3 is 3.08 bits per heavy atom. The fourth-order valence-electron chi connectivity index (χ4n) is 2.76. The van der Waals surface area contributed by atoms with E-state index < -0.39 is 6.09 Å². The molecule has 0 atom stereocenters. The van der Waals surface area contributed by atoms with E-state index in [0.29, 0.717) is 39.9 Å². The van der Waals surface area contributed by atoms with E-state index in [-0.39, 0.29) is 0 Å². The lowest BCUT2D eigenvalue weighted by Gasteiger charge is -2.03. The summed E-state index contributed by atoms with van der Waals surface area (Å²) in [7, 11) is 1.84. The minimum Gasteiger partial charge on any atom is -0.406 e. The molecule has 0 saturated carbocycles. The van der Waals surface area contributed by atoms with Gasteiger partial charge in [0, 0.05) is 30.2 Å². The predicted molar refractivity (Wildman–Crippen MR) is 98.3 cm³/mol. The van der Waals surface area contributed by atoms with Crippen molar-refractivity contribution < 1.29 is 9.53 Å². The van der Waals surface area contributed by atoms with Crippen LogP contribution >= 0.6 is 11.6 Å². The summed E-state index contributed by atoms with van der Waals surface area (Å²) in [5.74, 6) is 0.309. The quantitative estimate of drug-likeness (QED) is 0.576. The molecule has 26 heavy (non-hydrogen) atoms. The molecule has 0 bridgehead atoms. The summed E-state index contributed by atoms with van der Waals surface area (Å²) in [5.41, 5.74) is 3.13. The highest BCUT2D eigenvalue weighted by atomic mass is 35.5. The molecule has 0 aliphatic heterocycles. The second-order valence-corrected chi connectivity index (χ2v) is 6.10. The Balaban J connectivity index is 1.82. The third-order valence-electron chi connectivity index (χ3n) is 3.93. The van der Waals surface area contributed by atoms with Gasteiger partial charge in [0.1, 0.15) is 11.4 Å².